The average Bonchev–Trinajstić information content (AvgIpc) is 2.94. The second-order valence-corrected chi connectivity index (χ2v) is 6.36. The molecule has 0 unspecified atom stereocenters. The predicted octanol–water partition coefficient (Wildman–Crippen LogP) is 4.20. The lowest BCUT2D eigenvalue weighted by atomic mass is 10.3. The third-order valence-corrected chi connectivity index (χ3v) is 3.96. The van der Waals surface area contributed by atoms with Crippen molar-refractivity contribution >= 4 is 39.9 Å². The van der Waals surface area contributed by atoms with E-state index in [1.807, 2.05) is 22.6 Å². The molecule has 0 aliphatic heterocycles. The third kappa shape index (κ3) is 3.14. The molecule has 0 saturated carbocycles. The summed E-state index contributed by atoms with van der Waals surface area (Å²) in [6, 6.07) is 1.62. The summed E-state index contributed by atoms with van der Waals surface area (Å²) >= 11 is 3.35. The van der Waals surface area contributed by atoms with Crippen molar-refractivity contribution in [2.75, 3.05) is 6.61 Å². The molecule has 2 rings (SSSR count). The molecule has 20 heavy (non-hydrogen) atoms. The molecule has 0 radical (unpaired) electrons. The van der Waals surface area contributed by atoms with Gasteiger partial charge in [0.1, 0.15) is 0 Å². The Bertz CT molecular complexity index is 635. The summed E-state index contributed by atoms with van der Waals surface area (Å²) in [7, 11) is 0. The molecule has 0 N–H and O–H groups in total. The first-order valence-corrected chi connectivity index (χ1v) is 7.28. The lowest BCUT2D eigenvalue weighted by Crippen LogP contribution is -2.14. The van der Waals surface area contributed by atoms with E-state index in [0.717, 1.165) is 2.88 Å². The smallest absolute Gasteiger partial charge is 0.437 e. The van der Waals surface area contributed by atoms with Crippen LogP contribution >= 0.6 is 33.9 Å². The van der Waals surface area contributed by atoms with Crippen LogP contribution in [0.15, 0.2) is 15.9 Å². The van der Waals surface area contributed by atoms with Gasteiger partial charge in [-0.05, 0) is 35.6 Å². The van der Waals surface area contributed by atoms with Crippen LogP contribution in [0.1, 0.15) is 23.2 Å². The Labute approximate surface area is 129 Å². The number of halogens is 4. The van der Waals surface area contributed by atoms with Crippen LogP contribution in [0.25, 0.3) is 11.5 Å². The van der Waals surface area contributed by atoms with E-state index in [1.165, 1.54) is 18.3 Å². The van der Waals surface area contributed by atoms with Gasteiger partial charge in [0, 0.05) is 10.9 Å². The molecular weight excluding hydrogens is 410 g/mol. The van der Waals surface area contributed by atoms with Crippen molar-refractivity contribution in [3.8, 4) is 11.5 Å². The number of carbonyl (C=O) groups is 1. The quantitative estimate of drug-likeness (QED) is 0.555. The van der Waals surface area contributed by atoms with Gasteiger partial charge >= 0.3 is 12.1 Å². The minimum atomic E-state index is -4.78. The largest absolute Gasteiger partial charge is 0.460 e. The fourth-order valence-corrected chi connectivity index (χ4v) is 2.71. The number of aromatic nitrogens is 1. The molecule has 0 aliphatic rings. The van der Waals surface area contributed by atoms with Gasteiger partial charge in [0.05, 0.1) is 9.49 Å². The maximum Gasteiger partial charge on any atom is 0.437 e. The summed E-state index contributed by atoms with van der Waals surface area (Å²) < 4.78 is 48.9. The fraction of sp³-hybridized carbons (Fsp3) is 0.273. The van der Waals surface area contributed by atoms with E-state index in [-0.39, 0.29) is 12.5 Å². The zero-order valence-corrected chi connectivity index (χ0v) is 12.9. The molecule has 0 aliphatic carbocycles. The number of hydrogen-bond donors (Lipinski definition) is 0. The number of carbonyl (C=O) groups excluding carboxylic acids is 1. The SMILES string of the molecule is CCOC(=O)c1oc(-c2csc(I)c2)nc1C(F)(F)F. The minimum absolute atomic E-state index is 0.0531. The van der Waals surface area contributed by atoms with E-state index < -0.39 is 23.6 Å². The van der Waals surface area contributed by atoms with Crippen molar-refractivity contribution in [3.05, 3.63) is 25.8 Å². The van der Waals surface area contributed by atoms with E-state index in [2.05, 4.69) is 9.72 Å². The summed E-state index contributed by atoms with van der Waals surface area (Å²) in [5, 5.41) is 1.60. The summed E-state index contributed by atoms with van der Waals surface area (Å²) in [5.41, 5.74) is -0.979. The number of esters is 1. The number of ether oxygens (including phenoxy) is 1. The van der Waals surface area contributed by atoms with Gasteiger partial charge in [0.25, 0.3) is 0 Å². The molecule has 2 heterocycles. The van der Waals surface area contributed by atoms with Crippen LogP contribution in [0.5, 0.6) is 0 Å². The highest BCUT2D eigenvalue weighted by Gasteiger charge is 2.42. The number of rotatable bonds is 3. The van der Waals surface area contributed by atoms with E-state index in [0.29, 0.717) is 5.56 Å². The number of oxazole rings is 1. The van der Waals surface area contributed by atoms with Crippen LogP contribution < -0.4 is 0 Å². The highest BCUT2D eigenvalue weighted by molar-refractivity contribution is 14.1. The number of alkyl halides is 3. The number of thiophene rings is 1. The molecule has 0 fully saturated rings. The Balaban J connectivity index is 2.50. The Morgan fingerprint density at radius 2 is 2.25 bits per heavy atom. The Hall–Kier alpha value is -1.10. The molecule has 0 bridgehead atoms. The molecule has 2 aromatic heterocycles. The van der Waals surface area contributed by atoms with Crippen molar-refractivity contribution < 1.29 is 27.1 Å². The lowest BCUT2D eigenvalue weighted by Gasteiger charge is -2.03. The zero-order chi connectivity index (χ0) is 14.9. The molecular formula is C11H7F3INO3S. The minimum Gasteiger partial charge on any atom is -0.460 e. The topological polar surface area (TPSA) is 52.3 Å². The van der Waals surface area contributed by atoms with Crippen molar-refractivity contribution in [2.24, 2.45) is 0 Å². The molecule has 0 spiro atoms. The van der Waals surface area contributed by atoms with E-state index >= 15 is 0 Å². The summed E-state index contributed by atoms with van der Waals surface area (Å²) in [6.45, 7) is 1.44. The van der Waals surface area contributed by atoms with Crippen LogP contribution in [0.2, 0.25) is 0 Å². The van der Waals surface area contributed by atoms with Gasteiger partial charge in [-0.15, -0.1) is 11.3 Å². The monoisotopic (exact) mass is 417 g/mol. The zero-order valence-electron chi connectivity index (χ0n) is 9.95. The molecule has 0 amide bonds. The Morgan fingerprint density at radius 1 is 1.55 bits per heavy atom. The van der Waals surface area contributed by atoms with Crippen LogP contribution in [0, 0.1) is 2.88 Å². The molecule has 9 heteroatoms. The standard InChI is InChI=1S/C11H7F3INO3S/c1-2-18-10(17)7-8(11(12,13)14)16-9(19-7)5-3-6(15)20-4-5/h3-4H,2H2,1H3. The van der Waals surface area contributed by atoms with Crippen molar-refractivity contribution in [3.63, 3.8) is 0 Å². The molecule has 0 aromatic carbocycles. The normalized spacial score (nSPS) is 11.7. The van der Waals surface area contributed by atoms with Gasteiger partial charge in [-0.3, -0.25) is 0 Å². The van der Waals surface area contributed by atoms with Gasteiger partial charge in [0.15, 0.2) is 5.69 Å². The van der Waals surface area contributed by atoms with Crippen LogP contribution in [0.4, 0.5) is 13.2 Å². The average molecular weight is 417 g/mol. The molecule has 4 nitrogen and oxygen atoms in total. The summed E-state index contributed by atoms with van der Waals surface area (Å²) in [5.74, 6) is -2.35. The maximum absolute atomic E-state index is 12.9. The van der Waals surface area contributed by atoms with E-state index in [4.69, 9.17) is 4.42 Å². The second-order valence-electron chi connectivity index (χ2n) is 3.55. The van der Waals surface area contributed by atoms with Crippen LogP contribution in [-0.4, -0.2) is 17.6 Å². The van der Waals surface area contributed by atoms with Gasteiger partial charge in [-0.2, -0.15) is 13.2 Å². The molecule has 2 aromatic rings. The van der Waals surface area contributed by atoms with Crippen LogP contribution in [-0.2, 0) is 10.9 Å². The fourth-order valence-electron chi connectivity index (χ4n) is 1.39. The maximum atomic E-state index is 12.9. The van der Waals surface area contributed by atoms with Gasteiger partial charge in [-0.25, -0.2) is 9.78 Å². The van der Waals surface area contributed by atoms with Gasteiger partial charge in [-0.1, -0.05) is 0 Å². The number of hydrogen-bond acceptors (Lipinski definition) is 5. The van der Waals surface area contributed by atoms with Crippen molar-refractivity contribution in [2.45, 2.75) is 13.1 Å². The second kappa shape index (κ2) is 5.72. The van der Waals surface area contributed by atoms with E-state index in [1.54, 1.807) is 11.4 Å². The first-order chi connectivity index (χ1) is 9.32. The van der Waals surface area contributed by atoms with Crippen molar-refractivity contribution in [1.82, 2.24) is 4.98 Å². The number of nitrogens with zero attached hydrogens (tertiary/aromatic N) is 1. The van der Waals surface area contributed by atoms with Crippen LogP contribution in [0.3, 0.4) is 0 Å². The first kappa shape index (κ1) is 15.3. The van der Waals surface area contributed by atoms with E-state index in [9.17, 15) is 18.0 Å². The highest BCUT2D eigenvalue weighted by atomic mass is 127. The molecule has 0 saturated heterocycles. The molecule has 108 valence electrons. The highest BCUT2D eigenvalue weighted by Crippen LogP contribution is 2.35. The Kier molecular flexibility index (Phi) is 4.37. The molecule has 0 atom stereocenters. The van der Waals surface area contributed by atoms with Crippen molar-refractivity contribution in [1.29, 1.82) is 0 Å². The lowest BCUT2D eigenvalue weighted by molar-refractivity contribution is -0.141. The van der Waals surface area contributed by atoms with Gasteiger partial charge in [0.2, 0.25) is 11.7 Å². The third-order valence-electron chi connectivity index (χ3n) is 2.17. The predicted molar refractivity (Wildman–Crippen MR) is 73.5 cm³/mol. The Morgan fingerprint density at radius 3 is 2.75 bits per heavy atom. The summed E-state index contributed by atoms with van der Waals surface area (Å²) in [6.07, 6.45) is -4.78. The van der Waals surface area contributed by atoms with Gasteiger partial charge < -0.3 is 9.15 Å². The first-order valence-electron chi connectivity index (χ1n) is 5.32. The summed E-state index contributed by atoms with van der Waals surface area (Å²) in [4.78, 5) is 14.9.